The maximum atomic E-state index is 12.5. The van der Waals surface area contributed by atoms with Crippen molar-refractivity contribution in [1.82, 2.24) is 10.2 Å². The zero-order chi connectivity index (χ0) is 29.0. The Morgan fingerprint density at radius 1 is 0.927 bits per heavy atom. The quantitative estimate of drug-likeness (QED) is 0.297. The second-order valence-electron chi connectivity index (χ2n) is 11.5. The van der Waals surface area contributed by atoms with Crippen LogP contribution in [0.3, 0.4) is 0 Å². The van der Waals surface area contributed by atoms with E-state index in [9.17, 15) is 9.59 Å². The molecular weight excluding hydrogens is 540 g/mol. The maximum Gasteiger partial charge on any atom is 0.410 e. The van der Waals surface area contributed by atoms with Gasteiger partial charge in [0.2, 0.25) is 0 Å². The van der Waals surface area contributed by atoms with E-state index in [-0.39, 0.29) is 31.1 Å². The Balaban J connectivity index is 1.10. The van der Waals surface area contributed by atoms with Gasteiger partial charge in [-0.25, -0.2) is 9.59 Å². The molecule has 2 aliphatic rings. The Bertz CT molecular complexity index is 1350. The van der Waals surface area contributed by atoms with Crippen molar-refractivity contribution in [1.29, 1.82) is 0 Å². The molecule has 3 aromatic carbocycles. The SMILES string of the molecule is CC(C)(C)OC(=O)N1CCC(c2ccc(Cl)cc2OCCNC(=O)OCC2c3ccccc3-c3ccccc32)CC1. The van der Waals surface area contributed by atoms with Crippen LogP contribution in [-0.4, -0.2) is 55.5 Å². The summed E-state index contributed by atoms with van der Waals surface area (Å²) in [6.45, 7) is 7.68. The third-order valence-corrected chi connectivity index (χ3v) is 7.77. The Morgan fingerprint density at radius 2 is 1.56 bits per heavy atom. The van der Waals surface area contributed by atoms with Crippen LogP contribution >= 0.6 is 11.6 Å². The lowest BCUT2D eigenvalue weighted by Gasteiger charge is -2.34. The Hall–Kier alpha value is -3.71. The summed E-state index contributed by atoms with van der Waals surface area (Å²) >= 11 is 6.28. The van der Waals surface area contributed by atoms with Gasteiger partial charge < -0.3 is 24.4 Å². The van der Waals surface area contributed by atoms with Crippen molar-refractivity contribution in [3.8, 4) is 16.9 Å². The van der Waals surface area contributed by atoms with Gasteiger partial charge in [0, 0.05) is 24.0 Å². The van der Waals surface area contributed by atoms with Crippen LogP contribution in [0, 0.1) is 0 Å². The number of carbonyl (C=O) groups excluding carboxylic acids is 2. The third kappa shape index (κ3) is 6.96. The molecule has 0 aromatic heterocycles. The van der Waals surface area contributed by atoms with Crippen molar-refractivity contribution >= 4 is 23.8 Å². The van der Waals surface area contributed by atoms with Crippen LogP contribution in [-0.2, 0) is 9.47 Å². The van der Waals surface area contributed by atoms with Crippen molar-refractivity contribution < 1.29 is 23.8 Å². The first-order valence-corrected chi connectivity index (χ1v) is 14.6. The number of hydrogen-bond donors (Lipinski definition) is 1. The number of halogens is 1. The summed E-state index contributed by atoms with van der Waals surface area (Å²) in [7, 11) is 0. The van der Waals surface area contributed by atoms with E-state index in [1.165, 1.54) is 22.3 Å². The number of nitrogens with zero attached hydrogens (tertiary/aromatic N) is 1. The van der Waals surface area contributed by atoms with Crippen molar-refractivity contribution in [3.05, 3.63) is 88.4 Å². The van der Waals surface area contributed by atoms with Gasteiger partial charge in [0.25, 0.3) is 0 Å². The minimum Gasteiger partial charge on any atom is -0.491 e. The topological polar surface area (TPSA) is 77.1 Å². The fourth-order valence-electron chi connectivity index (χ4n) is 5.63. The van der Waals surface area contributed by atoms with Gasteiger partial charge in [-0.05, 0) is 79.5 Å². The zero-order valence-electron chi connectivity index (χ0n) is 23.8. The molecule has 1 aliphatic carbocycles. The van der Waals surface area contributed by atoms with Gasteiger partial charge in [-0.3, -0.25) is 0 Å². The van der Waals surface area contributed by atoms with Crippen LogP contribution in [0.1, 0.15) is 62.1 Å². The summed E-state index contributed by atoms with van der Waals surface area (Å²) in [6, 6.07) is 22.2. The fraction of sp³-hybridized carbons (Fsp3) is 0.394. The number of alkyl carbamates (subject to hydrolysis) is 1. The van der Waals surface area contributed by atoms with Crippen LogP contribution in [0.15, 0.2) is 66.7 Å². The average Bonchev–Trinajstić information content (AvgIpc) is 3.27. The molecule has 0 atom stereocenters. The number of carbonyl (C=O) groups is 2. The monoisotopic (exact) mass is 576 g/mol. The molecule has 1 aliphatic heterocycles. The van der Waals surface area contributed by atoms with E-state index in [4.69, 9.17) is 25.8 Å². The van der Waals surface area contributed by atoms with Gasteiger partial charge in [0.1, 0.15) is 24.6 Å². The van der Waals surface area contributed by atoms with Crippen LogP contribution in [0.4, 0.5) is 9.59 Å². The number of rotatable bonds is 7. The van der Waals surface area contributed by atoms with Gasteiger partial charge >= 0.3 is 12.2 Å². The first-order chi connectivity index (χ1) is 19.7. The maximum absolute atomic E-state index is 12.5. The van der Waals surface area contributed by atoms with E-state index in [0.29, 0.717) is 30.4 Å². The van der Waals surface area contributed by atoms with E-state index in [0.717, 1.165) is 18.4 Å². The predicted octanol–water partition coefficient (Wildman–Crippen LogP) is 7.37. The number of amides is 2. The lowest BCUT2D eigenvalue weighted by Crippen LogP contribution is -2.41. The van der Waals surface area contributed by atoms with Crippen molar-refractivity contribution in [2.75, 3.05) is 32.8 Å². The molecule has 7 nitrogen and oxygen atoms in total. The first-order valence-electron chi connectivity index (χ1n) is 14.2. The minimum atomic E-state index is -0.515. The highest BCUT2D eigenvalue weighted by Gasteiger charge is 2.30. The highest BCUT2D eigenvalue weighted by Crippen LogP contribution is 2.44. The number of benzene rings is 3. The highest BCUT2D eigenvalue weighted by molar-refractivity contribution is 6.30. The van der Waals surface area contributed by atoms with E-state index >= 15 is 0 Å². The van der Waals surface area contributed by atoms with Crippen LogP contribution < -0.4 is 10.1 Å². The molecule has 1 N–H and O–H groups in total. The van der Waals surface area contributed by atoms with Crippen molar-refractivity contribution in [2.45, 2.75) is 51.0 Å². The molecule has 3 aromatic rings. The van der Waals surface area contributed by atoms with Gasteiger partial charge in [-0.15, -0.1) is 0 Å². The molecule has 41 heavy (non-hydrogen) atoms. The number of likely N-dealkylation sites (tertiary alicyclic amines) is 1. The first kappa shape index (κ1) is 28.8. The number of ether oxygens (including phenoxy) is 3. The Morgan fingerprint density at radius 3 is 2.20 bits per heavy atom. The second kappa shape index (κ2) is 12.4. The molecule has 0 spiro atoms. The summed E-state index contributed by atoms with van der Waals surface area (Å²) in [4.78, 5) is 26.7. The Labute approximate surface area is 246 Å². The smallest absolute Gasteiger partial charge is 0.410 e. The molecule has 8 heteroatoms. The van der Waals surface area contributed by atoms with E-state index in [2.05, 4.69) is 29.6 Å². The summed E-state index contributed by atoms with van der Waals surface area (Å²) in [5.74, 6) is 0.943. The van der Waals surface area contributed by atoms with Crippen molar-refractivity contribution in [2.24, 2.45) is 0 Å². The average molecular weight is 577 g/mol. The van der Waals surface area contributed by atoms with Gasteiger partial charge in [0.05, 0.1) is 6.54 Å². The molecule has 216 valence electrons. The van der Waals surface area contributed by atoms with Crippen LogP contribution in [0.2, 0.25) is 5.02 Å². The standard InChI is InChI=1S/C33H37ClN2O5/c1-33(2,3)41-32(38)36-17-14-22(15-18-36)24-13-12-23(34)20-30(24)39-19-16-35-31(37)40-21-29-27-10-6-4-8-25(27)26-9-5-7-11-28(26)29/h4-13,20,22,29H,14-19,21H2,1-3H3,(H,35,37). The Kier molecular flexibility index (Phi) is 8.74. The number of nitrogens with one attached hydrogen (secondary N) is 1. The molecular formula is C33H37ClN2O5. The lowest BCUT2D eigenvalue weighted by atomic mass is 9.89. The summed E-state index contributed by atoms with van der Waals surface area (Å²) in [5, 5.41) is 3.38. The van der Waals surface area contributed by atoms with Crippen LogP contribution in [0.25, 0.3) is 11.1 Å². The van der Waals surface area contributed by atoms with Gasteiger partial charge in [-0.1, -0.05) is 66.2 Å². The summed E-state index contributed by atoms with van der Waals surface area (Å²) < 4.78 is 17.2. The third-order valence-electron chi connectivity index (χ3n) is 7.53. The van der Waals surface area contributed by atoms with Gasteiger partial charge in [-0.2, -0.15) is 0 Å². The molecule has 0 bridgehead atoms. The molecule has 1 heterocycles. The minimum absolute atomic E-state index is 0.0140. The predicted molar refractivity (Wildman–Crippen MR) is 160 cm³/mol. The molecule has 1 saturated heterocycles. The van der Waals surface area contributed by atoms with Gasteiger partial charge in [0.15, 0.2) is 0 Å². The second-order valence-corrected chi connectivity index (χ2v) is 12.0. The number of fused-ring (bicyclic) bond motifs is 3. The zero-order valence-corrected chi connectivity index (χ0v) is 24.6. The number of piperidine rings is 1. The lowest BCUT2D eigenvalue weighted by molar-refractivity contribution is 0.0204. The van der Waals surface area contributed by atoms with E-state index in [1.54, 1.807) is 4.90 Å². The molecule has 0 saturated carbocycles. The fourth-order valence-corrected chi connectivity index (χ4v) is 5.80. The highest BCUT2D eigenvalue weighted by atomic mass is 35.5. The largest absolute Gasteiger partial charge is 0.491 e. The van der Waals surface area contributed by atoms with Crippen molar-refractivity contribution in [3.63, 3.8) is 0 Å². The van der Waals surface area contributed by atoms with Crippen LogP contribution in [0.5, 0.6) is 5.75 Å². The molecule has 5 rings (SSSR count). The molecule has 0 unspecified atom stereocenters. The molecule has 2 amide bonds. The molecule has 1 fully saturated rings. The normalized spacial score (nSPS) is 15.2. The van der Waals surface area contributed by atoms with E-state index < -0.39 is 11.7 Å². The summed E-state index contributed by atoms with van der Waals surface area (Å²) in [5.41, 5.74) is 5.28. The molecule has 0 radical (unpaired) electrons. The van der Waals surface area contributed by atoms with E-state index in [1.807, 2.05) is 63.2 Å². The number of hydrogen-bond acceptors (Lipinski definition) is 5. The summed E-state index contributed by atoms with van der Waals surface area (Å²) in [6.07, 6.45) is 0.851.